The number of halogens is 2. The molecular weight excluding hydrogens is 370 g/mol. The predicted octanol–water partition coefficient (Wildman–Crippen LogP) is -0.432. The summed E-state index contributed by atoms with van der Waals surface area (Å²) in [6.45, 7) is -0.710. The monoisotopic (exact) mass is 392 g/mol. The van der Waals surface area contributed by atoms with Gasteiger partial charge in [0.1, 0.15) is 11.7 Å². The number of aliphatic hydroxyl groups excluding tert-OH is 2. The number of ether oxygens (including phenoxy) is 3. The third-order valence-corrected chi connectivity index (χ3v) is 4.87. The van der Waals surface area contributed by atoms with Crippen LogP contribution < -0.4 is 11.2 Å². The van der Waals surface area contributed by atoms with Crippen molar-refractivity contribution in [2.75, 3.05) is 19.8 Å². The number of rotatable bonds is 6. The number of hydrogen-bond donors (Lipinski definition) is 3. The molecule has 5 atom stereocenters. The maximum absolute atomic E-state index is 15.2. The molecule has 152 valence electrons. The third kappa shape index (κ3) is 3.83. The number of hydrogen-bond acceptors (Lipinski definition) is 7. The first-order chi connectivity index (χ1) is 12.9. The van der Waals surface area contributed by atoms with Crippen LogP contribution in [0.15, 0.2) is 15.8 Å². The van der Waals surface area contributed by atoms with Crippen LogP contribution in [-0.2, 0) is 14.2 Å². The zero-order valence-electron chi connectivity index (χ0n) is 14.5. The molecule has 0 radical (unpaired) electrons. The van der Waals surface area contributed by atoms with E-state index in [0.717, 1.165) is 12.8 Å². The number of aromatic amines is 1. The van der Waals surface area contributed by atoms with Crippen molar-refractivity contribution < 1.29 is 33.2 Å². The van der Waals surface area contributed by atoms with E-state index in [1.54, 1.807) is 4.98 Å². The lowest BCUT2D eigenvalue weighted by Crippen LogP contribution is -2.50. The Hall–Kier alpha value is -1.66. The molecule has 1 aromatic heterocycles. The summed E-state index contributed by atoms with van der Waals surface area (Å²) in [6.07, 6.45) is -3.21. The molecule has 9 nitrogen and oxygen atoms in total. The van der Waals surface area contributed by atoms with Crippen molar-refractivity contribution in [2.45, 2.75) is 56.1 Å². The molecule has 1 unspecified atom stereocenters. The van der Waals surface area contributed by atoms with Gasteiger partial charge >= 0.3 is 5.69 Å². The summed E-state index contributed by atoms with van der Waals surface area (Å²) in [7, 11) is 0. The molecule has 0 amide bonds. The van der Waals surface area contributed by atoms with Gasteiger partial charge in [-0.15, -0.1) is 0 Å². The van der Waals surface area contributed by atoms with Gasteiger partial charge in [-0.3, -0.25) is 14.3 Å². The van der Waals surface area contributed by atoms with Crippen LogP contribution in [0.2, 0.25) is 0 Å². The first kappa shape index (κ1) is 20.1. The molecule has 2 saturated heterocycles. The lowest BCUT2D eigenvalue weighted by Gasteiger charge is -2.35. The van der Waals surface area contributed by atoms with E-state index < -0.39 is 60.7 Å². The lowest BCUT2D eigenvalue weighted by atomic mass is 9.93. The van der Waals surface area contributed by atoms with Crippen LogP contribution in [0, 0.1) is 5.82 Å². The first-order valence-electron chi connectivity index (χ1n) is 8.73. The Kier molecular flexibility index (Phi) is 6.06. The van der Waals surface area contributed by atoms with Gasteiger partial charge < -0.3 is 24.4 Å². The van der Waals surface area contributed by atoms with E-state index in [1.165, 1.54) is 0 Å². The van der Waals surface area contributed by atoms with Crippen molar-refractivity contribution in [1.29, 1.82) is 0 Å². The van der Waals surface area contributed by atoms with E-state index in [9.17, 15) is 24.2 Å². The fourth-order valence-electron chi connectivity index (χ4n) is 3.45. The second kappa shape index (κ2) is 8.15. The van der Waals surface area contributed by atoms with Gasteiger partial charge in [0.15, 0.2) is 18.7 Å². The van der Waals surface area contributed by atoms with Crippen molar-refractivity contribution >= 4 is 0 Å². The minimum absolute atomic E-state index is 0.182. The second-order valence-corrected chi connectivity index (χ2v) is 6.65. The maximum Gasteiger partial charge on any atom is 0.330 e. The van der Waals surface area contributed by atoms with E-state index in [1.807, 2.05) is 0 Å². The lowest BCUT2D eigenvalue weighted by molar-refractivity contribution is -0.229. The molecule has 2 aliphatic heterocycles. The highest BCUT2D eigenvalue weighted by molar-refractivity contribution is 5.03. The molecule has 0 aliphatic carbocycles. The number of alkyl halides is 1. The summed E-state index contributed by atoms with van der Waals surface area (Å²) in [5.74, 6) is -1.29. The smallest absolute Gasteiger partial charge is 0.330 e. The van der Waals surface area contributed by atoms with Crippen molar-refractivity contribution in [2.24, 2.45) is 0 Å². The average Bonchev–Trinajstić information content (AvgIpc) is 2.92. The summed E-state index contributed by atoms with van der Waals surface area (Å²) < 4.78 is 46.1. The van der Waals surface area contributed by atoms with Crippen molar-refractivity contribution in [1.82, 2.24) is 9.55 Å². The van der Waals surface area contributed by atoms with Crippen LogP contribution >= 0.6 is 0 Å². The van der Waals surface area contributed by atoms with Gasteiger partial charge in [-0.2, -0.15) is 4.39 Å². The number of nitrogens with zero attached hydrogens (tertiary/aromatic N) is 1. The SMILES string of the molecule is O=c1[nH]c(=O)n([C@@H]2O[C@@](CO)(CCO)[C@@H](OC3CCCCO3)[C@@H]2F)cc1F. The Morgan fingerprint density at radius 2 is 2.15 bits per heavy atom. The molecule has 2 aliphatic rings. The minimum atomic E-state index is -1.99. The van der Waals surface area contributed by atoms with Gasteiger partial charge in [-0.1, -0.05) is 0 Å². The molecular formula is C16H22F2N2O7. The highest BCUT2D eigenvalue weighted by Gasteiger charge is 2.58. The Morgan fingerprint density at radius 3 is 2.78 bits per heavy atom. The van der Waals surface area contributed by atoms with Crippen LogP contribution in [-0.4, -0.2) is 63.8 Å². The Balaban J connectivity index is 1.94. The Morgan fingerprint density at radius 1 is 1.37 bits per heavy atom. The van der Waals surface area contributed by atoms with E-state index >= 15 is 4.39 Å². The van der Waals surface area contributed by atoms with Gasteiger partial charge in [-0.25, -0.2) is 9.18 Å². The minimum Gasteiger partial charge on any atom is -0.396 e. The molecule has 3 rings (SSSR count). The van der Waals surface area contributed by atoms with E-state index in [4.69, 9.17) is 14.2 Å². The summed E-state index contributed by atoms with van der Waals surface area (Å²) in [6, 6.07) is 0. The standard InChI is InChI=1S/C16H22F2N2O7/c17-9-7-20(15(24)19-13(9)23)14-11(18)12(16(8-22,27-14)4-5-21)26-10-3-1-2-6-25-10/h7,10-12,14,21-22H,1-6,8H2,(H,19,23,24)/t10?,11-,12-,14+,16+/m0/s1. The highest BCUT2D eigenvalue weighted by Crippen LogP contribution is 2.43. The topological polar surface area (TPSA) is 123 Å². The Bertz CT molecular complexity index is 764. The number of aromatic nitrogens is 2. The first-order valence-corrected chi connectivity index (χ1v) is 8.73. The third-order valence-electron chi connectivity index (χ3n) is 4.87. The van der Waals surface area contributed by atoms with Gasteiger partial charge in [-0.05, 0) is 19.3 Å². The molecule has 27 heavy (non-hydrogen) atoms. The summed E-state index contributed by atoms with van der Waals surface area (Å²) in [5, 5.41) is 19.2. The second-order valence-electron chi connectivity index (χ2n) is 6.65. The quantitative estimate of drug-likeness (QED) is 0.600. The molecule has 1 aromatic rings. The van der Waals surface area contributed by atoms with Gasteiger partial charge in [0, 0.05) is 19.6 Å². The van der Waals surface area contributed by atoms with E-state index in [-0.39, 0.29) is 6.42 Å². The number of H-pyrrole nitrogens is 1. The van der Waals surface area contributed by atoms with Crippen LogP contribution in [0.3, 0.4) is 0 Å². The molecule has 0 spiro atoms. The summed E-state index contributed by atoms with van der Waals surface area (Å²) >= 11 is 0. The maximum atomic E-state index is 15.2. The largest absolute Gasteiger partial charge is 0.396 e. The van der Waals surface area contributed by atoms with Crippen LogP contribution in [0.4, 0.5) is 8.78 Å². The van der Waals surface area contributed by atoms with Crippen molar-refractivity contribution in [3.05, 3.63) is 32.9 Å². The van der Waals surface area contributed by atoms with E-state index in [0.29, 0.717) is 23.8 Å². The summed E-state index contributed by atoms with van der Waals surface area (Å²) in [4.78, 5) is 24.9. The number of nitrogens with one attached hydrogen (secondary N) is 1. The van der Waals surface area contributed by atoms with Gasteiger partial charge in [0.05, 0.1) is 12.8 Å². The zero-order valence-corrected chi connectivity index (χ0v) is 14.5. The molecule has 11 heteroatoms. The molecule has 0 saturated carbocycles. The fourth-order valence-corrected chi connectivity index (χ4v) is 3.45. The molecule has 0 aromatic carbocycles. The van der Waals surface area contributed by atoms with Gasteiger partial charge in [0.25, 0.3) is 5.56 Å². The van der Waals surface area contributed by atoms with Crippen LogP contribution in [0.5, 0.6) is 0 Å². The highest BCUT2D eigenvalue weighted by atomic mass is 19.1. The van der Waals surface area contributed by atoms with Crippen LogP contribution in [0.25, 0.3) is 0 Å². The zero-order chi connectivity index (χ0) is 19.6. The van der Waals surface area contributed by atoms with Crippen molar-refractivity contribution in [3.63, 3.8) is 0 Å². The normalized spacial score (nSPS) is 34.1. The summed E-state index contributed by atoms with van der Waals surface area (Å²) in [5.41, 5.74) is -3.97. The number of aliphatic hydroxyl groups is 2. The Labute approximate surface area is 152 Å². The molecule has 3 heterocycles. The van der Waals surface area contributed by atoms with E-state index in [2.05, 4.69) is 0 Å². The van der Waals surface area contributed by atoms with Gasteiger partial charge in [0.2, 0.25) is 5.82 Å². The van der Waals surface area contributed by atoms with Crippen LogP contribution in [0.1, 0.15) is 31.9 Å². The van der Waals surface area contributed by atoms with Crippen molar-refractivity contribution in [3.8, 4) is 0 Å². The predicted molar refractivity (Wildman–Crippen MR) is 86.3 cm³/mol. The molecule has 3 N–H and O–H groups in total. The molecule has 0 bridgehead atoms. The fraction of sp³-hybridized carbons (Fsp3) is 0.750. The average molecular weight is 392 g/mol. The molecule has 2 fully saturated rings.